The van der Waals surface area contributed by atoms with Gasteiger partial charge in [0.1, 0.15) is 5.15 Å². The van der Waals surface area contributed by atoms with E-state index < -0.39 is 0 Å². The van der Waals surface area contributed by atoms with Crippen molar-refractivity contribution in [1.29, 1.82) is 0 Å². The second-order valence-corrected chi connectivity index (χ2v) is 3.47. The van der Waals surface area contributed by atoms with Crippen molar-refractivity contribution in [2.24, 2.45) is 0 Å². The molecule has 1 heterocycles. The highest BCUT2D eigenvalue weighted by Crippen LogP contribution is 2.25. The summed E-state index contributed by atoms with van der Waals surface area (Å²) in [4.78, 5) is 4.02. The van der Waals surface area contributed by atoms with Crippen LogP contribution in [0.1, 0.15) is 0 Å². The highest BCUT2D eigenvalue weighted by Gasteiger charge is 2.02. The number of rotatable bonds is 2. The summed E-state index contributed by atoms with van der Waals surface area (Å²) in [5.74, 6) is 0.529. The topological polar surface area (TPSA) is 22.1 Å². The van der Waals surface area contributed by atoms with Crippen LogP contribution in [0.5, 0.6) is 5.88 Å². The molecule has 76 valence electrons. The standard InChI is InChI=1S/C12H10ClNO/c1-15-12-8-10(7-11(13)14-12)9-5-3-2-4-6-9/h2-8H,1H3. The van der Waals surface area contributed by atoms with Gasteiger partial charge in [-0.15, -0.1) is 0 Å². The number of hydrogen-bond acceptors (Lipinski definition) is 2. The molecule has 15 heavy (non-hydrogen) atoms. The third-order valence-corrected chi connectivity index (χ3v) is 2.28. The largest absolute Gasteiger partial charge is 0.481 e. The Morgan fingerprint density at radius 1 is 1.07 bits per heavy atom. The van der Waals surface area contributed by atoms with E-state index in [1.165, 1.54) is 0 Å². The van der Waals surface area contributed by atoms with Gasteiger partial charge >= 0.3 is 0 Å². The predicted molar refractivity (Wildman–Crippen MR) is 61.2 cm³/mol. The Kier molecular flexibility index (Phi) is 2.88. The molecule has 0 spiro atoms. The SMILES string of the molecule is COc1cc(-c2ccccc2)cc(Cl)n1. The van der Waals surface area contributed by atoms with E-state index in [-0.39, 0.29) is 0 Å². The van der Waals surface area contributed by atoms with Crippen LogP contribution >= 0.6 is 11.6 Å². The third-order valence-electron chi connectivity index (χ3n) is 2.09. The highest BCUT2D eigenvalue weighted by molar-refractivity contribution is 6.29. The molecule has 0 fully saturated rings. The van der Waals surface area contributed by atoms with Gasteiger partial charge < -0.3 is 4.74 Å². The van der Waals surface area contributed by atoms with E-state index in [0.29, 0.717) is 11.0 Å². The quantitative estimate of drug-likeness (QED) is 0.723. The fourth-order valence-corrected chi connectivity index (χ4v) is 1.58. The lowest BCUT2D eigenvalue weighted by Crippen LogP contribution is -1.88. The zero-order valence-electron chi connectivity index (χ0n) is 8.27. The lowest BCUT2D eigenvalue weighted by Gasteiger charge is -2.04. The molecule has 0 radical (unpaired) electrons. The van der Waals surface area contributed by atoms with Crippen molar-refractivity contribution in [2.75, 3.05) is 7.11 Å². The van der Waals surface area contributed by atoms with Gasteiger partial charge in [0.2, 0.25) is 5.88 Å². The van der Waals surface area contributed by atoms with E-state index in [1.54, 1.807) is 7.11 Å². The summed E-state index contributed by atoms with van der Waals surface area (Å²) < 4.78 is 5.06. The van der Waals surface area contributed by atoms with E-state index in [2.05, 4.69) is 4.98 Å². The zero-order valence-corrected chi connectivity index (χ0v) is 9.03. The summed E-state index contributed by atoms with van der Waals surface area (Å²) in [5, 5.41) is 0.438. The average molecular weight is 220 g/mol. The van der Waals surface area contributed by atoms with Crippen molar-refractivity contribution >= 4 is 11.6 Å². The fourth-order valence-electron chi connectivity index (χ4n) is 1.37. The van der Waals surface area contributed by atoms with Gasteiger partial charge in [0.05, 0.1) is 7.11 Å². The molecule has 2 nitrogen and oxygen atoms in total. The Labute approximate surface area is 93.5 Å². The first-order valence-corrected chi connectivity index (χ1v) is 4.94. The minimum Gasteiger partial charge on any atom is -0.481 e. The number of nitrogens with zero attached hydrogens (tertiary/aromatic N) is 1. The summed E-state index contributed by atoms with van der Waals surface area (Å²) >= 11 is 5.89. The van der Waals surface area contributed by atoms with E-state index >= 15 is 0 Å². The highest BCUT2D eigenvalue weighted by atomic mass is 35.5. The number of aromatic nitrogens is 1. The van der Waals surface area contributed by atoms with Crippen LogP contribution in [0.15, 0.2) is 42.5 Å². The summed E-state index contributed by atoms with van der Waals surface area (Å²) in [6, 6.07) is 13.7. The molecule has 1 aromatic heterocycles. The monoisotopic (exact) mass is 219 g/mol. The summed E-state index contributed by atoms with van der Waals surface area (Å²) in [6.07, 6.45) is 0. The van der Waals surface area contributed by atoms with Crippen molar-refractivity contribution in [1.82, 2.24) is 4.98 Å². The fraction of sp³-hybridized carbons (Fsp3) is 0.0833. The molecule has 3 heteroatoms. The van der Waals surface area contributed by atoms with Crippen LogP contribution in [-0.4, -0.2) is 12.1 Å². The normalized spacial score (nSPS) is 10.0. The van der Waals surface area contributed by atoms with Crippen LogP contribution in [-0.2, 0) is 0 Å². The number of benzene rings is 1. The van der Waals surface area contributed by atoms with E-state index in [1.807, 2.05) is 42.5 Å². The van der Waals surface area contributed by atoms with E-state index in [9.17, 15) is 0 Å². The maximum absolute atomic E-state index is 5.89. The molecule has 2 rings (SSSR count). The van der Waals surface area contributed by atoms with Crippen LogP contribution in [0.3, 0.4) is 0 Å². The van der Waals surface area contributed by atoms with Crippen molar-refractivity contribution in [2.45, 2.75) is 0 Å². The van der Waals surface area contributed by atoms with Gasteiger partial charge in [-0.2, -0.15) is 0 Å². The smallest absolute Gasteiger partial charge is 0.214 e. The van der Waals surface area contributed by atoms with E-state index in [0.717, 1.165) is 11.1 Å². The molecule has 0 atom stereocenters. The minimum absolute atomic E-state index is 0.438. The molecule has 2 aromatic rings. The minimum atomic E-state index is 0.438. The Morgan fingerprint density at radius 3 is 2.47 bits per heavy atom. The molecule has 0 aliphatic heterocycles. The van der Waals surface area contributed by atoms with Gasteiger partial charge in [0.25, 0.3) is 0 Å². The molecular weight excluding hydrogens is 210 g/mol. The van der Waals surface area contributed by atoms with Gasteiger partial charge in [0.15, 0.2) is 0 Å². The van der Waals surface area contributed by atoms with Crippen LogP contribution in [0, 0.1) is 0 Å². The van der Waals surface area contributed by atoms with Crippen LogP contribution < -0.4 is 4.74 Å². The van der Waals surface area contributed by atoms with Gasteiger partial charge in [-0.05, 0) is 17.2 Å². The Bertz CT molecular complexity index is 456. The molecule has 1 aromatic carbocycles. The Balaban J connectivity index is 2.49. The Morgan fingerprint density at radius 2 is 1.80 bits per heavy atom. The molecule has 0 amide bonds. The van der Waals surface area contributed by atoms with Crippen molar-refractivity contribution < 1.29 is 4.74 Å². The molecule has 0 saturated carbocycles. The molecule has 0 bridgehead atoms. The molecule has 0 aliphatic carbocycles. The summed E-state index contributed by atoms with van der Waals surface area (Å²) in [6.45, 7) is 0. The first-order chi connectivity index (χ1) is 7.29. The predicted octanol–water partition coefficient (Wildman–Crippen LogP) is 3.41. The van der Waals surface area contributed by atoms with Crippen LogP contribution in [0.25, 0.3) is 11.1 Å². The number of ether oxygens (including phenoxy) is 1. The molecule has 0 N–H and O–H groups in total. The van der Waals surface area contributed by atoms with Crippen molar-refractivity contribution in [3.63, 3.8) is 0 Å². The molecular formula is C12H10ClNO. The Hall–Kier alpha value is -1.54. The van der Waals surface area contributed by atoms with Crippen LogP contribution in [0.2, 0.25) is 5.15 Å². The second-order valence-electron chi connectivity index (χ2n) is 3.09. The van der Waals surface area contributed by atoms with Crippen LogP contribution in [0.4, 0.5) is 0 Å². The molecule has 0 aliphatic rings. The van der Waals surface area contributed by atoms with Gasteiger partial charge in [-0.3, -0.25) is 0 Å². The second kappa shape index (κ2) is 4.32. The third kappa shape index (κ3) is 2.28. The lowest BCUT2D eigenvalue weighted by molar-refractivity contribution is 0.398. The van der Waals surface area contributed by atoms with Crippen molar-refractivity contribution in [3.05, 3.63) is 47.6 Å². The van der Waals surface area contributed by atoms with Crippen molar-refractivity contribution in [3.8, 4) is 17.0 Å². The lowest BCUT2D eigenvalue weighted by atomic mass is 10.1. The number of hydrogen-bond donors (Lipinski definition) is 0. The average Bonchev–Trinajstić information content (AvgIpc) is 2.29. The molecule has 0 unspecified atom stereocenters. The zero-order chi connectivity index (χ0) is 10.7. The summed E-state index contributed by atoms with van der Waals surface area (Å²) in [5.41, 5.74) is 2.10. The van der Waals surface area contributed by atoms with Gasteiger partial charge in [-0.1, -0.05) is 41.9 Å². The maximum atomic E-state index is 5.89. The van der Waals surface area contributed by atoms with Gasteiger partial charge in [0, 0.05) is 6.07 Å². The molecule has 0 saturated heterocycles. The number of methoxy groups -OCH3 is 1. The van der Waals surface area contributed by atoms with Gasteiger partial charge in [-0.25, -0.2) is 4.98 Å². The maximum Gasteiger partial charge on any atom is 0.214 e. The first kappa shape index (κ1) is 9.99. The number of halogens is 1. The van der Waals surface area contributed by atoms with E-state index in [4.69, 9.17) is 16.3 Å². The first-order valence-electron chi connectivity index (χ1n) is 4.56. The number of pyridine rings is 1. The summed E-state index contributed by atoms with van der Waals surface area (Å²) in [7, 11) is 1.58.